The highest BCUT2D eigenvalue weighted by molar-refractivity contribution is 6.06. The van der Waals surface area contributed by atoms with Crippen LogP contribution in [0.15, 0.2) is 35.0 Å². The van der Waals surface area contributed by atoms with Crippen molar-refractivity contribution in [2.24, 2.45) is 39.9 Å². The van der Waals surface area contributed by atoms with E-state index in [9.17, 15) is 29.4 Å². The molecule has 4 aliphatic carbocycles. The van der Waals surface area contributed by atoms with Crippen molar-refractivity contribution < 1.29 is 43.3 Å². The van der Waals surface area contributed by atoms with E-state index in [1.165, 1.54) is 6.26 Å². The number of furan rings is 1. The van der Waals surface area contributed by atoms with Gasteiger partial charge in [-0.1, -0.05) is 20.4 Å². The second-order valence-corrected chi connectivity index (χ2v) is 13.7. The molecule has 1 amide bonds. The van der Waals surface area contributed by atoms with E-state index in [1.807, 2.05) is 13.8 Å². The predicted molar refractivity (Wildman–Crippen MR) is 141 cm³/mol. The van der Waals surface area contributed by atoms with Gasteiger partial charge in [0.25, 0.3) is 5.91 Å². The highest BCUT2D eigenvalue weighted by Gasteiger charge is 2.88. The SMILES string of the molecule is C=C1C(=O)[C@]23[C@H](OC(=O)C4CCN(C(=O)c5ccco5)CC4)[C@H]1CC[C@H]2[C@@]12CO[C@@]3(O)[C@@H](O)[C@@H]1C(C)(C)CCC2=O. The highest BCUT2D eigenvalue weighted by Crippen LogP contribution is 2.76. The number of rotatable bonds is 3. The van der Waals surface area contributed by atoms with Crippen molar-refractivity contribution in [1.82, 2.24) is 4.90 Å². The Bertz CT molecular complexity index is 1340. The number of hydrogen-bond acceptors (Lipinski definition) is 9. The van der Waals surface area contributed by atoms with Gasteiger partial charge >= 0.3 is 5.97 Å². The number of nitrogens with zero attached hydrogens (tertiary/aromatic N) is 1. The first kappa shape index (κ1) is 27.0. The Morgan fingerprint density at radius 3 is 2.56 bits per heavy atom. The molecule has 1 aromatic heterocycles. The second-order valence-electron chi connectivity index (χ2n) is 13.7. The number of hydrogen-bond donors (Lipinski definition) is 2. The van der Waals surface area contributed by atoms with Crippen LogP contribution in [0.2, 0.25) is 0 Å². The van der Waals surface area contributed by atoms with E-state index in [0.717, 1.165) is 0 Å². The fourth-order valence-electron chi connectivity index (χ4n) is 9.86. The third-order valence-electron chi connectivity index (χ3n) is 11.7. The Labute approximate surface area is 238 Å². The summed E-state index contributed by atoms with van der Waals surface area (Å²) in [7, 11) is 0. The third-order valence-corrected chi connectivity index (χ3v) is 11.7. The molecule has 7 fully saturated rings. The molecule has 4 bridgehead atoms. The molecule has 8 atom stereocenters. The molecule has 10 heteroatoms. The summed E-state index contributed by atoms with van der Waals surface area (Å²) in [6.07, 6.45) is 1.37. The molecule has 0 aromatic carbocycles. The fraction of sp³-hybridized carbons (Fsp3) is 0.677. The summed E-state index contributed by atoms with van der Waals surface area (Å²) in [6, 6.07) is 3.25. The largest absolute Gasteiger partial charge is 0.460 e. The summed E-state index contributed by atoms with van der Waals surface area (Å²) >= 11 is 0. The van der Waals surface area contributed by atoms with E-state index in [4.69, 9.17) is 13.9 Å². The number of aliphatic hydroxyl groups is 2. The molecule has 3 saturated heterocycles. The molecule has 4 saturated carbocycles. The van der Waals surface area contributed by atoms with Crippen LogP contribution in [0.25, 0.3) is 0 Å². The van der Waals surface area contributed by atoms with E-state index in [-0.39, 0.29) is 29.6 Å². The van der Waals surface area contributed by atoms with Crippen LogP contribution in [-0.4, -0.2) is 76.2 Å². The van der Waals surface area contributed by atoms with Gasteiger partial charge in [-0.15, -0.1) is 0 Å². The Balaban J connectivity index is 1.21. The molecule has 10 nitrogen and oxygen atoms in total. The summed E-state index contributed by atoms with van der Waals surface area (Å²) < 4.78 is 17.5. The van der Waals surface area contributed by atoms with E-state index < -0.39 is 69.7 Å². The summed E-state index contributed by atoms with van der Waals surface area (Å²) in [5.74, 6) is -5.68. The maximum absolute atomic E-state index is 14.2. The molecular formula is C31H37NO9. The van der Waals surface area contributed by atoms with Gasteiger partial charge in [-0.2, -0.15) is 0 Å². The lowest BCUT2D eigenvalue weighted by Crippen LogP contribution is -2.85. The molecule has 2 N–H and O–H groups in total. The van der Waals surface area contributed by atoms with E-state index in [2.05, 4.69) is 6.58 Å². The van der Waals surface area contributed by atoms with Crippen molar-refractivity contribution in [2.45, 2.75) is 70.4 Å². The number of Topliss-reactive ketones (excluding diaryl/α,β-unsaturated/α-hetero) is 2. The molecule has 7 aliphatic rings. The quantitative estimate of drug-likeness (QED) is 0.415. The molecule has 3 aliphatic heterocycles. The van der Waals surface area contributed by atoms with Gasteiger partial charge in [0.1, 0.15) is 23.4 Å². The maximum Gasteiger partial charge on any atom is 0.309 e. The average Bonchev–Trinajstić information content (AvgIpc) is 3.53. The minimum atomic E-state index is -2.32. The van der Waals surface area contributed by atoms with Crippen LogP contribution < -0.4 is 0 Å². The second kappa shape index (κ2) is 8.61. The smallest absolute Gasteiger partial charge is 0.309 e. The van der Waals surface area contributed by atoms with Crippen molar-refractivity contribution in [1.29, 1.82) is 0 Å². The minimum Gasteiger partial charge on any atom is -0.460 e. The highest BCUT2D eigenvalue weighted by atomic mass is 16.6. The molecule has 8 rings (SSSR count). The molecule has 4 heterocycles. The number of esters is 1. The number of fused-ring (bicyclic) bond motifs is 2. The zero-order chi connectivity index (χ0) is 29.1. The van der Waals surface area contributed by atoms with Crippen LogP contribution in [0.1, 0.15) is 62.9 Å². The normalized spacial score (nSPS) is 43.1. The summed E-state index contributed by atoms with van der Waals surface area (Å²) in [5.41, 5.74) is -3.21. The number of carbonyl (C=O) groups is 4. The van der Waals surface area contributed by atoms with Gasteiger partial charge in [0, 0.05) is 31.3 Å². The summed E-state index contributed by atoms with van der Waals surface area (Å²) in [4.78, 5) is 56.1. The summed E-state index contributed by atoms with van der Waals surface area (Å²) in [6.45, 7) is 8.64. The van der Waals surface area contributed by atoms with E-state index >= 15 is 0 Å². The van der Waals surface area contributed by atoms with Crippen LogP contribution in [-0.2, 0) is 23.9 Å². The van der Waals surface area contributed by atoms with Crippen LogP contribution in [0.3, 0.4) is 0 Å². The summed E-state index contributed by atoms with van der Waals surface area (Å²) in [5, 5.41) is 24.1. The van der Waals surface area contributed by atoms with Crippen molar-refractivity contribution in [3.8, 4) is 0 Å². The standard InChI is InChI=1S/C31H37NO9/c1-16-18-6-7-20-29-15-40-31(38,24(35)22(29)28(2,3)11-8-21(29)33)30(20,23(16)34)25(18)41-27(37)17-9-12-32(13-10-17)26(36)19-5-4-14-39-19/h4-5,14,17-18,20,22,24-25,35,38H,1,6-13,15H2,2-3H3/t18-,20-,22+,24-,25+,29+,30-,31-/m0/s1. The monoisotopic (exact) mass is 567 g/mol. The number of aliphatic hydroxyl groups excluding tert-OH is 1. The van der Waals surface area contributed by atoms with Crippen LogP contribution in [0.5, 0.6) is 0 Å². The minimum absolute atomic E-state index is 0.0607. The van der Waals surface area contributed by atoms with Gasteiger partial charge in [0.15, 0.2) is 11.5 Å². The molecule has 0 radical (unpaired) electrons. The lowest BCUT2D eigenvalue weighted by Gasteiger charge is -2.73. The van der Waals surface area contributed by atoms with Crippen LogP contribution in [0, 0.1) is 39.9 Å². The van der Waals surface area contributed by atoms with Crippen LogP contribution >= 0.6 is 0 Å². The molecule has 2 spiro atoms. The molecule has 0 unspecified atom stereocenters. The van der Waals surface area contributed by atoms with Gasteiger partial charge in [-0.25, -0.2) is 0 Å². The Hall–Kier alpha value is -2.82. The number of ketones is 2. The van der Waals surface area contributed by atoms with E-state index in [0.29, 0.717) is 51.6 Å². The maximum atomic E-state index is 14.2. The fourth-order valence-corrected chi connectivity index (χ4v) is 9.86. The number of amides is 1. The van der Waals surface area contributed by atoms with Crippen molar-refractivity contribution in [3.63, 3.8) is 0 Å². The lowest BCUT2D eigenvalue weighted by molar-refractivity contribution is -0.437. The van der Waals surface area contributed by atoms with Gasteiger partial charge in [-0.3, -0.25) is 19.2 Å². The molecule has 1 aromatic rings. The zero-order valence-corrected chi connectivity index (χ0v) is 23.5. The first-order valence-electron chi connectivity index (χ1n) is 14.8. The Morgan fingerprint density at radius 1 is 1.15 bits per heavy atom. The molecule has 41 heavy (non-hydrogen) atoms. The molecule has 220 valence electrons. The van der Waals surface area contributed by atoms with Crippen molar-refractivity contribution in [2.75, 3.05) is 19.7 Å². The first-order chi connectivity index (χ1) is 19.4. The Morgan fingerprint density at radius 2 is 1.88 bits per heavy atom. The number of ether oxygens (including phenoxy) is 2. The first-order valence-corrected chi connectivity index (χ1v) is 14.8. The molecular weight excluding hydrogens is 530 g/mol. The van der Waals surface area contributed by atoms with Gasteiger partial charge < -0.3 is 29.0 Å². The van der Waals surface area contributed by atoms with Crippen molar-refractivity contribution >= 4 is 23.4 Å². The van der Waals surface area contributed by atoms with Gasteiger partial charge in [0.05, 0.1) is 24.2 Å². The Kier molecular flexibility index (Phi) is 5.68. The van der Waals surface area contributed by atoms with Crippen LogP contribution in [0.4, 0.5) is 0 Å². The topological polar surface area (TPSA) is 144 Å². The predicted octanol–water partition coefficient (Wildman–Crippen LogP) is 2.28. The van der Waals surface area contributed by atoms with Gasteiger partial charge in [-0.05, 0) is 61.1 Å². The third kappa shape index (κ3) is 3.13. The van der Waals surface area contributed by atoms with Gasteiger partial charge in [0.2, 0.25) is 5.79 Å². The average molecular weight is 568 g/mol. The number of piperidine rings is 1. The zero-order valence-electron chi connectivity index (χ0n) is 23.5. The van der Waals surface area contributed by atoms with E-state index in [1.54, 1.807) is 17.0 Å². The lowest BCUT2D eigenvalue weighted by atomic mass is 9.36. The van der Waals surface area contributed by atoms with Crippen molar-refractivity contribution in [3.05, 3.63) is 36.3 Å². The number of likely N-dealkylation sites (tertiary alicyclic amines) is 1. The number of carbonyl (C=O) groups excluding carboxylic acids is 4.